The van der Waals surface area contributed by atoms with Gasteiger partial charge in [0.25, 0.3) is 0 Å². The van der Waals surface area contributed by atoms with E-state index in [1.54, 1.807) is 12.1 Å². The average Bonchev–Trinajstić information content (AvgIpc) is 2.33. The lowest BCUT2D eigenvalue weighted by Crippen LogP contribution is -2.11. The number of hydrogen-bond acceptors (Lipinski definition) is 4. The van der Waals surface area contributed by atoms with Gasteiger partial charge in [0.15, 0.2) is 11.5 Å². The fraction of sp³-hybridized carbons (Fsp3) is 0.467. The van der Waals surface area contributed by atoms with Crippen molar-refractivity contribution in [2.45, 2.75) is 46.5 Å². The van der Waals surface area contributed by atoms with E-state index in [1.807, 2.05) is 26.8 Å². The first kappa shape index (κ1) is 15.2. The minimum absolute atomic E-state index is 0.300. The lowest BCUT2D eigenvalue weighted by molar-refractivity contribution is -0.137. The van der Waals surface area contributed by atoms with Gasteiger partial charge in [-0.15, -0.1) is 0 Å². The molecule has 0 aromatic heterocycles. The fourth-order valence-corrected chi connectivity index (χ4v) is 1.53. The SMILES string of the molecule is CCCC(=O)Oc1ccc(C)cc1OC(=O)CCC. The predicted octanol–water partition coefficient (Wildman–Crippen LogP) is 3.41. The van der Waals surface area contributed by atoms with Gasteiger partial charge in [-0.1, -0.05) is 19.9 Å². The van der Waals surface area contributed by atoms with E-state index in [0.29, 0.717) is 24.3 Å². The van der Waals surface area contributed by atoms with Gasteiger partial charge in [-0.3, -0.25) is 9.59 Å². The Morgan fingerprint density at radius 2 is 1.47 bits per heavy atom. The summed E-state index contributed by atoms with van der Waals surface area (Å²) in [5.74, 6) is -0.0311. The first-order chi connectivity index (χ1) is 9.06. The summed E-state index contributed by atoms with van der Waals surface area (Å²) in [6, 6.07) is 5.16. The van der Waals surface area contributed by atoms with Crippen LogP contribution in [0.4, 0.5) is 0 Å². The lowest BCUT2D eigenvalue weighted by Gasteiger charge is -2.10. The van der Waals surface area contributed by atoms with Gasteiger partial charge in [-0.25, -0.2) is 0 Å². The zero-order valence-corrected chi connectivity index (χ0v) is 11.7. The summed E-state index contributed by atoms with van der Waals surface area (Å²) in [4.78, 5) is 23.0. The summed E-state index contributed by atoms with van der Waals surface area (Å²) in [5.41, 5.74) is 0.939. The van der Waals surface area contributed by atoms with Crippen LogP contribution in [0.5, 0.6) is 11.5 Å². The highest BCUT2D eigenvalue weighted by atomic mass is 16.6. The number of carbonyl (C=O) groups is 2. The first-order valence-corrected chi connectivity index (χ1v) is 6.58. The molecule has 0 aliphatic carbocycles. The number of carbonyl (C=O) groups excluding carboxylic acids is 2. The minimum atomic E-state index is -0.320. The highest BCUT2D eigenvalue weighted by Crippen LogP contribution is 2.29. The van der Waals surface area contributed by atoms with Crippen LogP contribution >= 0.6 is 0 Å². The van der Waals surface area contributed by atoms with E-state index < -0.39 is 0 Å². The van der Waals surface area contributed by atoms with Crippen LogP contribution in [-0.2, 0) is 9.59 Å². The Morgan fingerprint density at radius 3 is 2.00 bits per heavy atom. The molecule has 0 aliphatic rings. The van der Waals surface area contributed by atoms with Crippen molar-refractivity contribution in [2.75, 3.05) is 0 Å². The highest BCUT2D eigenvalue weighted by molar-refractivity contribution is 5.76. The Hall–Kier alpha value is -1.84. The van der Waals surface area contributed by atoms with Gasteiger partial charge < -0.3 is 9.47 Å². The van der Waals surface area contributed by atoms with Crippen molar-refractivity contribution in [2.24, 2.45) is 0 Å². The molecule has 1 aromatic rings. The molecule has 0 N–H and O–H groups in total. The second-order valence-electron chi connectivity index (χ2n) is 4.40. The third-order valence-corrected chi connectivity index (χ3v) is 2.46. The first-order valence-electron chi connectivity index (χ1n) is 6.58. The highest BCUT2D eigenvalue weighted by Gasteiger charge is 2.13. The van der Waals surface area contributed by atoms with Gasteiger partial charge in [0, 0.05) is 12.8 Å². The van der Waals surface area contributed by atoms with Crippen molar-refractivity contribution >= 4 is 11.9 Å². The number of ether oxygens (including phenoxy) is 2. The van der Waals surface area contributed by atoms with Crippen molar-refractivity contribution in [3.8, 4) is 11.5 Å². The summed E-state index contributed by atoms with van der Waals surface area (Å²) in [5, 5.41) is 0. The number of rotatable bonds is 6. The second-order valence-corrected chi connectivity index (χ2v) is 4.40. The molecule has 0 amide bonds. The van der Waals surface area contributed by atoms with Crippen molar-refractivity contribution in [1.82, 2.24) is 0 Å². The maximum atomic E-state index is 11.5. The van der Waals surface area contributed by atoms with Crippen molar-refractivity contribution in [1.29, 1.82) is 0 Å². The number of esters is 2. The molecule has 0 saturated carbocycles. The average molecular weight is 264 g/mol. The Bertz CT molecular complexity index is 451. The molecule has 1 rings (SSSR count). The quantitative estimate of drug-likeness (QED) is 0.583. The van der Waals surface area contributed by atoms with Crippen LogP contribution in [-0.4, -0.2) is 11.9 Å². The summed E-state index contributed by atoms with van der Waals surface area (Å²) < 4.78 is 10.4. The summed E-state index contributed by atoms with van der Waals surface area (Å²) in [7, 11) is 0. The molecule has 4 nitrogen and oxygen atoms in total. The van der Waals surface area contributed by atoms with Crippen LogP contribution in [0, 0.1) is 6.92 Å². The summed E-state index contributed by atoms with van der Waals surface area (Å²) >= 11 is 0. The van der Waals surface area contributed by atoms with Gasteiger partial charge in [0.05, 0.1) is 0 Å². The van der Waals surface area contributed by atoms with E-state index in [2.05, 4.69) is 0 Å². The van der Waals surface area contributed by atoms with E-state index in [1.165, 1.54) is 0 Å². The van der Waals surface area contributed by atoms with E-state index in [-0.39, 0.29) is 11.9 Å². The Kier molecular flexibility index (Phi) is 6.06. The van der Waals surface area contributed by atoms with Gasteiger partial charge in [0.2, 0.25) is 0 Å². The molecule has 0 saturated heterocycles. The molecular weight excluding hydrogens is 244 g/mol. The maximum absolute atomic E-state index is 11.5. The molecule has 0 atom stereocenters. The smallest absolute Gasteiger partial charge is 0.311 e. The summed E-state index contributed by atoms with van der Waals surface area (Å²) in [6.07, 6.45) is 2.12. The summed E-state index contributed by atoms with van der Waals surface area (Å²) in [6.45, 7) is 5.69. The van der Waals surface area contributed by atoms with Gasteiger partial charge in [-0.2, -0.15) is 0 Å². The molecule has 0 unspecified atom stereocenters. The Labute approximate surface area is 113 Å². The molecule has 0 heterocycles. The Morgan fingerprint density at radius 1 is 0.947 bits per heavy atom. The molecular formula is C15H20O4. The normalized spacial score (nSPS) is 10.1. The molecule has 104 valence electrons. The van der Waals surface area contributed by atoms with Crippen molar-refractivity contribution < 1.29 is 19.1 Å². The molecule has 19 heavy (non-hydrogen) atoms. The van der Waals surface area contributed by atoms with E-state index in [0.717, 1.165) is 18.4 Å². The number of hydrogen-bond donors (Lipinski definition) is 0. The van der Waals surface area contributed by atoms with Crippen LogP contribution in [0.1, 0.15) is 45.1 Å². The third kappa shape index (κ3) is 5.12. The van der Waals surface area contributed by atoms with Crippen LogP contribution < -0.4 is 9.47 Å². The van der Waals surface area contributed by atoms with Crippen molar-refractivity contribution in [3.63, 3.8) is 0 Å². The zero-order chi connectivity index (χ0) is 14.3. The van der Waals surface area contributed by atoms with Gasteiger partial charge in [-0.05, 0) is 37.5 Å². The van der Waals surface area contributed by atoms with Crippen molar-refractivity contribution in [3.05, 3.63) is 23.8 Å². The topological polar surface area (TPSA) is 52.6 Å². The fourth-order valence-electron chi connectivity index (χ4n) is 1.53. The van der Waals surface area contributed by atoms with E-state index in [4.69, 9.17) is 9.47 Å². The molecule has 0 aliphatic heterocycles. The number of benzene rings is 1. The molecule has 1 aromatic carbocycles. The zero-order valence-electron chi connectivity index (χ0n) is 11.7. The maximum Gasteiger partial charge on any atom is 0.311 e. The Balaban J connectivity index is 2.85. The van der Waals surface area contributed by atoms with E-state index in [9.17, 15) is 9.59 Å². The third-order valence-electron chi connectivity index (χ3n) is 2.46. The van der Waals surface area contributed by atoms with Gasteiger partial charge in [0.1, 0.15) is 0 Å². The van der Waals surface area contributed by atoms with E-state index >= 15 is 0 Å². The minimum Gasteiger partial charge on any atom is -0.423 e. The van der Waals surface area contributed by atoms with Crippen LogP contribution in [0.2, 0.25) is 0 Å². The van der Waals surface area contributed by atoms with Crippen LogP contribution in [0.25, 0.3) is 0 Å². The monoisotopic (exact) mass is 264 g/mol. The largest absolute Gasteiger partial charge is 0.423 e. The molecule has 4 heteroatoms. The number of aryl methyl sites for hydroxylation is 1. The second kappa shape index (κ2) is 7.56. The molecule has 0 fully saturated rings. The lowest BCUT2D eigenvalue weighted by atomic mass is 10.2. The standard InChI is InChI=1S/C15H20O4/c1-4-6-14(16)18-12-9-8-11(3)10-13(12)19-15(17)7-5-2/h8-10H,4-7H2,1-3H3. The van der Waals surface area contributed by atoms with Gasteiger partial charge >= 0.3 is 11.9 Å². The van der Waals surface area contributed by atoms with Crippen LogP contribution in [0.3, 0.4) is 0 Å². The molecule has 0 bridgehead atoms. The molecule has 0 radical (unpaired) electrons. The van der Waals surface area contributed by atoms with Crippen LogP contribution in [0.15, 0.2) is 18.2 Å². The predicted molar refractivity (Wildman–Crippen MR) is 72.3 cm³/mol. The molecule has 0 spiro atoms.